The Kier molecular flexibility index (Phi) is 9.81. The molecule has 14 nitrogen and oxygen atoms in total. The molecule has 5 atom stereocenters. The summed E-state index contributed by atoms with van der Waals surface area (Å²) in [7, 11) is 3.60. The first-order valence-corrected chi connectivity index (χ1v) is 16.6. The van der Waals surface area contributed by atoms with Crippen LogP contribution >= 0.6 is 0 Å². The Hall–Kier alpha value is -4.99. The third kappa shape index (κ3) is 5.24. The van der Waals surface area contributed by atoms with Gasteiger partial charge in [-0.2, -0.15) is 0 Å². The number of anilines is 1. The molecule has 0 heterocycles. The summed E-state index contributed by atoms with van der Waals surface area (Å²) >= 11 is 0. The molecule has 0 saturated heterocycles. The number of ether oxygens (including phenoxy) is 3. The summed E-state index contributed by atoms with van der Waals surface area (Å²) in [6.07, 6.45) is 2.19. The number of hydrogen-bond donors (Lipinski definition) is 6. The maximum atomic E-state index is 14.3. The molecule has 6 rings (SSSR count). The number of nitrogens with one attached hydrogen (secondary N) is 1. The van der Waals surface area contributed by atoms with Crippen molar-refractivity contribution >= 4 is 40.5 Å². The van der Waals surface area contributed by atoms with Gasteiger partial charge in [-0.3, -0.25) is 19.2 Å². The van der Waals surface area contributed by atoms with Crippen LogP contribution in [0, 0.1) is 5.92 Å². The number of rotatable bonds is 12. The van der Waals surface area contributed by atoms with E-state index in [0.717, 1.165) is 14.2 Å². The maximum absolute atomic E-state index is 14.3. The largest absolute Gasteiger partial charge is 0.494 e. The van der Waals surface area contributed by atoms with Crippen molar-refractivity contribution in [3.05, 3.63) is 85.1 Å². The van der Waals surface area contributed by atoms with Crippen LogP contribution in [0.2, 0.25) is 0 Å². The van der Waals surface area contributed by atoms with Crippen LogP contribution < -0.4 is 10.1 Å². The third-order valence-corrected chi connectivity index (χ3v) is 10.5. The van der Waals surface area contributed by atoms with Gasteiger partial charge in [-0.15, -0.1) is 0 Å². The standard InChI is InChI=1S/C38H39NO13/c1-14-6-19-20(7-18(12-42)37(48)51-4)35(47)29-23(46)9-17(11-41)25-26-16(10-40)8-22(45)28-31(26)32(27(19)30(25)29)33(24(14)15(2)44)36(50-3)34(28)39-21(13-43)38(49)52-5/h6,8-9,18,21,24,27,35,39-43,47H,7,10-13H2,1-5H3. The van der Waals surface area contributed by atoms with Crippen LogP contribution in [0.5, 0.6) is 5.75 Å². The molecule has 0 aliphatic heterocycles. The second-order valence-electron chi connectivity index (χ2n) is 13.2. The number of benzene rings is 1. The number of carbonyl (C=O) groups is 5. The molecule has 6 N–H and O–H groups in total. The Labute approximate surface area is 298 Å². The van der Waals surface area contributed by atoms with Crippen LogP contribution in [0.1, 0.15) is 59.2 Å². The van der Waals surface area contributed by atoms with Crippen LogP contribution in [0.3, 0.4) is 0 Å². The van der Waals surface area contributed by atoms with Crippen molar-refractivity contribution in [3.63, 3.8) is 0 Å². The number of carbonyl (C=O) groups excluding carboxylic acids is 5. The predicted molar refractivity (Wildman–Crippen MR) is 183 cm³/mol. The van der Waals surface area contributed by atoms with Crippen molar-refractivity contribution < 1.29 is 63.7 Å². The first-order chi connectivity index (χ1) is 24.8. The van der Waals surface area contributed by atoms with Crippen LogP contribution in [-0.4, -0.2) is 115 Å². The topological polar surface area (TPSA) is 226 Å². The molecular formula is C38H39NO13. The number of esters is 2. The average Bonchev–Trinajstić information content (AvgIpc) is 3.26. The number of hydrogen-bond acceptors (Lipinski definition) is 14. The number of aliphatic hydroxyl groups is 5. The summed E-state index contributed by atoms with van der Waals surface area (Å²) in [6.45, 7) is 0.341. The summed E-state index contributed by atoms with van der Waals surface area (Å²) < 4.78 is 15.8. The second-order valence-corrected chi connectivity index (χ2v) is 13.2. The molecule has 1 aromatic rings. The minimum absolute atomic E-state index is 0.0139. The van der Waals surface area contributed by atoms with Gasteiger partial charge in [0.2, 0.25) is 0 Å². The fraction of sp³-hybridized carbons (Fsp3) is 0.395. The normalized spacial score (nSPS) is 22.5. The molecule has 5 aliphatic rings. The molecule has 0 amide bonds. The lowest BCUT2D eigenvalue weighted by Crippen LogP contribution is -2.39. The van der Waals surface area contributed by atoms with Gasteiger partial charge in [0.05, 0.1) is 70.8 Å². The molecule has 1 aromatic carbocycles. The monoisotopic (exact) mass is 717 g/mol. The molecule has 0 spiro atoms. The second kappa shape index (κ2) is 13.9. The molecule has 0 fully saturated rings. The quantitative estimate of drug-likeness (QED) is 0.165. The van der Waals surface area contributed by atoms with Crippen LogP contribution in [0.4, 0.5) is 5.69 Å². The maximum Gasteiger partial charge on any atom is 0.330 e. The lowest BCUT2D eigenvalue weighted by molar-refractivity contribution is -0.147. The summed E-state index contributed by atoms with van der Waals surface area (Å²) in [5.41, 5.74) is 2.81. The molecular weight excluding hydrogens is 678 g/mol. The van der Waals surface area contributed by atoms with E-state index in [0.29, 0.717) is 16.7 Å². The van der Waals surface area contributed by atoms with E-state index in [1.165, 1.54) is 26.2 Å². The summed E-state index contributed by atoms with van der Waals surface area (Å²) in [6, 6.07) is -1.39. The first kappa shape index (κ1) is 36.8. The van der Waals surface area contributed by atoms with E-state index in [2.05, 4.69) is 5.32 Å². The van der Waals surface area contributed by atoms with Crippen molar-refractivity contribution in [1.29, 1.82) is 0 Å². The van der Waals surface area contributed by atoms with Crippen molar-refractivity contribution in [2.75, 3.05) is 53.1 Å². The molecule has 5 aliphatic carbocycles. The van der Waals surface area contributed by atoms with Gasteiger partial charge in [-0.1, -0.05) is 11.6 Å². The van der Waals surface area contributed by atoms with Gasteiger partial charge in [0.15, 0.2) is 11.6 Å². The molecule has 274 valence electrons. The minimum Gasteiger partial charge on any atom is -0.494 e. The highest BCUT2D eigenvalue weighted by Gasteiger charge is 2.52. The minimum atomic E-state index is -1.61. The van der Waals surface area contributed by atoms with E-state index in [-0.39, 0.29) is 79.3 Å². The first-order valence-electron chi connectivity index (χ1n) is 16.6. The fourth-order valence-corrected chi connectivity index (χ4v) is 8.44. The van der Waals surface area contributed by atoms with Crippen LogP contribution in [-0.2, 0) is 28.7 Å². The Morgan fingerprint density at radius 2 is 1.46 bits per heavy atom. The number of methoxy groups -OCH3 is 3. The average molecular weight is 718 g/mol. The number of ketones is 3. The highest BCUT2D eigenvalue weighted by atomic mass is 16.5. The summed E-state index contributed by atoms with van der Waals surface area (Å²) in [5, 5.41) is 56.9. The molecule has 52 heavy (non-hydrogen) atoms. The zero-order chi connectivity index (χ0) is 37.9. The van der Waals surface area contributed by atoms with E-state index in [1.54, 1.807) is 13.0 Å². The van der Waals surface area contributed by atoms with E-state index in [4.69, 9.17) is 14.2 Å². The Balaban J connectivity index is 1.88. The summed E-state index contributed by atoms with van der Waals surface area (Å²) in [4.78, 5) is 67.6. The molecule has 0 aromatic heterocycles. The highest BCUT2D eigenvalue weighted by Crippen LogP contribution is 2.63. The molecule has 5 unspecified atom stereocenters. The highest BCUT2D eigenvalue weighted by molar-refractivity contribution is 6.22. The van der Waals surface area contributed by atoms with E-state index < -0.39 is 79.8 Å². The van der Waals surface area contributed by atoms with Gasteiger partial charge in [-0.05, 0) is 77.0 Å². The fourth-order valence-electron chi connectivity index (χ4n) is 8.44. The molecule has 0 saturated carbocycles. The van der Waals surface area contributed by atoms with Crippen molar-refractivity contribution in [1.82, 2.24) is 0 Å². The van der Waals surface area contributed by atoms with Gasteiger partial charge in [0.1, 0.15) is 23.7 Å². The number of aliphatic hydroxyl groups excluding tert-OH is 5. The smallest absolute Gasteiger partial charge is 0.330 e. The van der Waals surface area contributed by atoms with E-state index in [1.807, 2.05) is 0 Å². The summed E-state index contributed by atoms with van der Waals surface area (Å²) in [5.74, 6) is -6.45. The Morgan fingerprint density at radius 3 is 2.02 bits per heavy atom. The van der Waals surface area contributed by atoms with Crippen molar-refractivity contribution in [2.24, 2.45) is 5.92 Å². The molecule has 0 bridgehead atoms. The van der Waals surface area contributed by atoms with Gasteiger partial charge in [-0.25, -0.2) is 4.79 Å². The molecule has 14 heteroatoms. The lowest BCUT2D eigenvalue weighted by atomic mass is 9.58. The van der Waals surface area contributed by atoms with Crippen LogP contribution in [0.25, 0.3) is 5.57 Å². The SMILES string of the molecule is COC(=O)C(CO)CC1=C2C=C(C)C(C(C)=O)c3c(OC)c(NC(CO)C(=O)OC)c4c5c3C2C2=C(C(=O)C=C(CO)C2=C5C(CO)=CC4=O)C1O. The lowest BCUT2D eigenvalue weighted by Gasteiger charge is -2.45. The van der Waals surface area contributed by atoms with Crippen molar-refractivity contribution in [3.8, 4) is 5.75 Å². The number of allylic oxidation sites excluding steroid dienone is 6. The Bertz CT molecular complexity index is 2040. The zero-order valence-electron chi connectivity index (χ0n) is 29.2. The van der Waals surface area contributed by atoms with Gasteiger partial charge >= 0.3 is 11.9 Å². The predicted octanol–water partition coefficient (Wildman–Crippen LogP) is 0.880. The van der Waals surface area contributed by atoms with Gasteiger partial charge in [0.25, 0.3) is 0 Å². The van der Waals surface area contributed by atoms with Gasteiger partial charge in [0, 0.05) is 22.6 Å². The zero-order valence-corrected chi connectivity index (χ0v) is 29.2. The van der Waals surface area contributed by atoms with Crippen LogP contribution in [0.15, 0.2) is 62.8 Å². The Morgan fingerprint density at radius 1 is 0.827 bits per heavy atom. The molecule has 0 radical (unpaired) electrons. The third-order valence-electron chi connectivity index (χ3n) is 10.5. The van der Waals surface area contributed by atoms with Crippen molar-refractivity contribution in [2.45, 2.75) is 44.2 Å². The van der Waals surface area contributed by atoms with E-state index in [9.17, 15) is 49.5 Å². The van der Waals surface area contributed by atoms with Gasteiger partial charge < -0.3 is 45.1 Å². The van der Waals surface area contributed by atoms with E-state index >= 15 is 0 Å². The number of Topliss-reactive ketones (excluding diaryl/α,β-unsaturated/α-hetero) is 1.